The molecule has 0 aliphatic heterocycles. The van der Waals surface area contributed by atoms with Gasteiger partial charge in [-0.05, 0) is 12.8 Å². The first-order chi connectivity index (χ1) is 9.48. The number of H-pyrrole nitrogens is 1. The first kappa shape index (κ1) is 15.0. The summed E-state index contributed by atoms with van der Waals surface area (Å²) in [6, 6.07) is 1.39. The van der Waals surface area contributed by atoms with E-state index in [4.69, 9.17) is 10.5 Å². The van der Waals surface area contributed by atoms with E-state index in [-0.39, 0.29) is 17.0 Å². The van der Waals surface area contributed by atoms with E-state index >= 15 is 0 Å². The molecule has 0 radical (unpaired) electrons. The van der Waals surface area contributed by atoms with E-state index in [1.807, 2.05) is 13.8 Å². The molecule has 0 spiro atoms. The van der Waals surface area contributed by atoms with Gasteiger partial charge in [0.2, 0.25) is 5.88 Å². The summed E-state index contributed by atoms with van der Waals surface area (Å²) in [5.74, 6) is 1.20. The molecular formula is C15H25N3O2. The molecule has 1 aromatic rings. The van der Waals surface area contributed by atoms with Crippen LogP contribution in [0.25, 0.3) is 0 Å². The molecule has 112 valence electrons. The second-order valence-electron chi connectivity index (χ2n) is 6.19. The predicted molar refractivity (Wildman–Crippen MR) is 79.1 cm³/mol. The largest absolute Gasteiger partial charge is 0.476 e. The molecule has 5 heteroatoms. The van der Waals surface area contributed by atoms with Crippen LogP contribution in [0.1, 0.15) is 64.1 Å². The third-order valence-electron chi connectivity index (χ3n) is 3.89. The molecule has 1 aromatic heterocycles. The average Bonchev–Trinajstić information content (AvgIpc) is 2.61. The molecule has 0 atom stereocenters. The number of hydrogen-bond acceptors (Lipinski definition) is 4. The van der Waals surface area contributed by atoms with Gasteiger partial charge in [0.25, 0.3) is 5.56 Å². The molecule has 20 heavy (non-hydrogen) atoms. The highest BCUT2D eigenvalue weighted by Gasteiger charge is 2.27. The molecule has 5 nitrogen and oxygen atoms in total. The lowest BCUT2D eigenvalue weighted by atomic mass is 9.93. The van der Waals surface area contributed by atoms with Crippen LogP contribution >= 0.6 is 0 Å². The summed E-state index contributed by atoms with van der Waals surface area (Å²) in [4.78, 5) is 18.7. The van der Waals surface area contributed by atoms with Crippen molar-refractivity contribution in [3.05, 3.63) is 22.2 Å². The molecule has 1 fully saturated rings. The normalized spacial score (nSPS) is 18.8. The van der Waals surface area contributed by atoms with Crippen LogP contribution in [0, 0.1) is 0 Å². The monoisotopic (exact) mass is 279 g/mol. The van der Waals surface area contributed by atoms with Gasteiger partial charge in [0.05, 0.1) is 11.6 Å². The highest BCUT2D eigenvalue weighted by Crippen LogP contribution is 2.25. The quantitative estimate of drug-likeness (QED) is 0.829. The predicted octanol–water partition coefficient (Wildman–Crippen LogP) is 2.32. The molecule has 0 saturated heterocycles. The summed E-state index contributed by atoms with van der Waals surface area (Å²) >= 11 is 0. The van der Waals surface area contributed by atoms with Gasteiger partial charge in [0.1, 0.15) is 12.4 Å². The summed E-state index contributed by atoms with van der Waals surface area (Å²) < 4.78 is 5.72. The highest BCUT2D eigenvalue weighted by atomic mass is 16.5. The van der Waals surface area contributed by atoms with Gasteiger partial charge in [-0.3, -0.25) is 4.79 Å². The molecule has 1 saturated carbocycles. The molecule has 0 amide bonds. The smallest absolute Gasteiger partial charge is 0.254 e. The summed E-state index contributed by atoms with van der Waals surface area (Å²) in [7, 11) is 0. The Morgan fingerprint density at radius 2 is 2.00 bits per heavy atom. The van der Waals surface area contributed by atoms with Crippen LogP contribution in [-0.4, -0.2) is 22.1 Å². The zero-order chi connectivity index (χ0) is 14.6. The molecule has 0 bridgehead atoms. The summed E-state index contributed by atoms with van der Waals surface area (Å²) in [5.41, 5.74) is 5.95. The van der Waals surface area contributed by atoms with Crippen molar-refractivity contribution in [3.8, 4) is 5.88 Å². The second-order valence-corrected chi connectivity index (χ2v) is 6.19. The lowest BCUT2D eigenvalue weighted by Crippen LogP contribution is -2.45. The molecule has 0 unspecified atom stereocenters. The molecular weight excluding hydrogens is 254 g/mol. The van der Waals surface area contributed by atoms with E-state index in [1.165, 1.54) is 18.9 Å². The van der Waals surface area contributed by atoms with Crippen molar-refractivity contribution in [2.75, 3.05) is 6.61 Å². The first-order valence-corrected chi connectivity index (χ1v) is 7.51. The van der Waals surface area contributed by atoms with Gasteiger partial charge in [-0.15, -0.1) is 0 Å². The van der Waals surface area contributed by atoms with E-state index in [2.05, 4.69) is 9.97 Å². The fraction of sp³-hybridized carbons (Fsp3) is 0.733. The summed E-state index contributed by atoms with van der Waals surface area (Å²) in [6.45, 7) is 4.40. The highest BCUT2D eigenvalue weighted by molar-refractivity contribution is 5.11. The number of nitrogens with two attached hydrogens (primary N) is 1. The van der Waals surface area contributed by atoms with Crippen molar-refractivity contribution in [2.24, 2.45) is 5.73 Å². The number of nitrogens with zero attached hydrogens (tertiary/aromatic N) is 1. The SMILES string of the molecule is CC(C)c1nc(OCC2(N)CCCCCC2)cc(=O)[nH]1. The van der Waals surface area contributed by atoms with Crippen molar-refractivity contribution in [2.45, 2.75) is 63.8 Å². The molecule has 1 aliphatic rings. The van der Waals surface area contributed by atoms with Crippen molar-refractivity contribution in [3.63, 3.8) is 0 Å². The Kier molecular flexibility index (Phi) is 4.81. The third kappa shape index (κ3) is 4.07. The lowest BCUT2D eigenvalue weighted by Gasteiger charge is -2.27. The minimum Gasteiger partial charge on any atom is -0.476 e. The van der Waals surface area contributed by atoms with Gasteiger partial charge in [0, 0.05) is 5.92 Å². The van der Waals surface area contributed by atoms with E-state index in [1.54, 1.807) is 0 Å². The summed E-state index contributed by atoms with van der Waals surface area (Å²) in [6.07, 6.45) is 6.76. The van der Waals surface area contributed by atoms with Gasteiger partial charge in [0.15, 0.2) is 0 Å². The Labute approximate surface area is 119 Å². The van der Waals surface area contributed by atoms with E-state index in [0.717, 1.165) is 25.7 Å². The number of aromatic amines is 1. The van der Waals surface area contributed by atoms with Gasteiger partial charge in [-0.25, -0.2) is 0 Å². The fourth-order valence-corrected chi connectivity index (χ4v) is 2.60. The number of aromatic nitrogens is 2. The number of rotatable bonds is 4. The number of ether oxygens (including phenoxy) is 1. The lowest BCUT2D eigenvalue weighted by molar-refractivity contribution is 0.192. The Bertz CT molecular complexity index is 488. The van der Waals surface area contributed by atoms with Crippen molar-refractivity contribution in [1.29, 1.82) is 0 Å². The fourth-order valence-electron chi connectivity index (χ4n) is 2.60. The van der Waals surface area contributed by atoms with Crippen LogP contribution < -0.4 is 16.0 Å². The van der Waals surface area contributed by atoms with Gasteiger partial charge < -0.3 is 15.5 Å². The Balaban J connectivity index is 2.04. The maximum atomic E-state index is 11.6. The van der Waals surface area contributed by atoms with Crippen LogP contribution in [0.3, 0.4) is 0 Å². The molecule has 2 rings (SSSR count). The molecule has 1 aliphatic carbocycles. The van der Waals surface area contributed by atoms with Gasteiger partial charge in [-0.2, -0.15) is 4.98 Å². The zero-order valence-corrected chi connectivity index (χ0v) is 12.4. The maximum absolute atomic E-state index is 11.6. The van der Waals surface area contributed by atoms with E-state index < -0.39 is 0 Å². The maximum Gasteiger partial charge on any atom is 0.254 e. The van der Waals surface area contributed by atoms with Crippen LogP contribution in [0.5, 0.6) is 5.88 Å². The van der Waals surface area contributed by atoms with Crippen molar-refractivity contribution >= 4 is 0 Å². The van der Waals surface area contributed by atoms with Crippen molar-refractivity contribution < 1.29 is 4.74 Å². The van der Waals surface area contributed by atoms with Crippen LogP contribution in [0.4, 0.5) is 0 Å². The average molecular weight is 279 g/mol. The van der Waals surface area contributed by atoms with Crippen LogP contribution in [-0.2, 0) is 0 Å². The minimum absolute atomic E-state index is 0.163. The standard InChI is InChI=1S/C15H25N3O2/c1-11(2)14-17-12(19)9-13(18-14)20-10-15(16)7-5-3-4-6-8-15/h9,11H,3-8,10,16H2,1-2H3,(H,17,18,19). The van der Waals surface area contributed by atoms with Gasteiger partial charge >= 0.3 is 0 Å². The minimum atomic E-state index is -0.279. The van der Waals surface area contributed by atoms with Gasteiger partial charge in [-0.1, -0.05) is 39.5 Å². The topological polar surface area (TPSA) is 81.0 Å². The summed E-state index contributed by atoms with van der Waals surface area (Å²) in [5, 5.41) is 0. The van der Waals surface area contributed by atoms with E-state index in [0.29, 0.717) is 18.3 Å². The Morgan fingerprint density at radius 1 is 1.35 bits per heavy atom. The second kappa shape index (κ2) is 6.39. The number of hydrogen-bond donors (Lipinski definition) is 2. The number of nitrogens with one attached hydrogen (secondary N) is 1. The van der Waals surface area contributed by atoms with Crippen molar-refractivity contribution in [1.82, 2.24) is 9.97 Å². The molecule has 3 N–H and O–H groups in total. The Hall–Kier alpha value is -1.36. The zero-order valence-electron chi connectivity index (χ0n) is 12.4. The van der Waals surface area contributed by atoms with E-state index in [9.17, 15) is 4.79 Å². The Morgan fingerprint density at radius 3 is 2.60 bits per heavy atom. The van der Waals surface area contributed by atoms with Crippen LogP contribution in [0.2, 0.25) is 0 Å². The molecule has 1 heterocycles. The molecule has 0 aromatic carbocycles. The van der Waals surface area contributed by atoms with Crippen LogP contribution in [0.15, 0.2) is 10.9 Å². The third-order valence-corrected chi connectivity index (χ3v) is 3.89. The first-order valence-electron chi connectivity index (χ1n) is 7.51.